The quantitative estimate of drug-likeness (QED) is 0.239. The van der Waals surface area contributed by atoms with Crippen molar-refractivity contribution in [3.05, 3.63) is 79.8 Å². The molecule has 0 aromatic heterocycles. The SMILES string of the molecule is O=C1C(=O)N(CCO)[C@H](c2ccc([N+](=O)[O-])cc2)C1=C(O)c1ccc(Br)cc1. The maximum atomic E-state index is 12.6. The Kier molecular flexibility index (Phi) is 5.57. The van der Waals surface area contributed by atoms with Crippen LogP contribution in [0.3, 0.4) is 0 Å². The molecule has 0 aliphatic carbocycles. The summed E-state index contributed by atoms with van der Waals surface area (Å²) in [6.45, 7) is -0.502. The van der Waals surface area contributed by atoms with Gasteiger partial charge in [-0.2, -0.15) is 0 Å². The summed E-state index contributed by atoms with van der Waals surface area (Å²) in [6, 6.07) is 10.9. The summed E-state index contributed by atoms with van der Waals surface area (Å²) >= 11 is 3.29. The predicted octanol–water partition coefficient (Wildman–Crippen LogP) is 2.77. The van der Waals surface area contributed by atoms with Crippen molar-refractivity contribution in [1.29, 1.82) is 0 Å². The maximum Gasteiger partial charge on any atom is 0.295 e. The number of hydrogen-bond acceptors (Lipinski definition) is 6. The number of aliphatic hydroxyl groups is 2. The van der Waals surface area contributed by atoms with E-state index in [1.54, 1.807) is 24.3 Å². The van der Waals surface area contributed by atoms with E-state index in [1.165, 1.54) is 24.3 Å². The molecule has 0 saturated carbocycles. The Balaban J connectivity index is 2.15. The summed E-state index contributed by atoms with van der Waals surface area (Å²) in [6.07, 6.45) is 0. The number of rotatable bonds is 5. The molecule has 1 saturated heterocycles. The Bertz CT molecular complexity index is 969. The molecule has 1 aliphatic rings. The molecule has 2 aromatic carbocycles. The van der Waals surface area contributed by atoms with E-state index in [0.29, 0.717) is 11.1 Å². The van der Waals surface area contributed by atoms with Crippen LogP contribution >= 0.6 is 15.9 Å². The monoisotopic (exact) mass is 446 g/mol. The molecule has 1 atom stereocenters. The van der Waals surface area contributed by atoms with Gasteiger partial charge in [0.15, 0.2) is 0 Å². The van der Waals surface area contributed by atoms with E-state index in [1.807, 2.05) is 0 Å². The maximum absolute atomic E-state index is 12.6. The Hall–Kier alpha value is -3.04. The third-order valence-electron chi connectivity index (χ3n) is 4.42. The van der Waals surface area contributed by atoms with Crippen molar-refractivity contribution in [3.8, 4) is 0 Å². The van der Waals surface area contributed by atoms with Crippen LogP contribution < -0.4 is 0 Å². The van der Waals surface area contributed by atoms with Crippen LogP contribution in [0.25, 0.3) is 5.76 Å². The minimum absolute atomic E-state index is 0.122. The van der Waals surface area contributed by atoms with Gasteiger partial charge in [0.05, 0.1) is 23.1 Å². The van der Waals surface area contributed by atoms with E-state index >= 15 is 0 Å². The molecule has 8 nitrogen and oxygen atoms in total. The Labute approximate surface area is 168 Å². The van der Waals surface area contributed by atoms with Gasteiger partial charge in [0.25, 0.3) is 17.4 Å². The van der Waals surface area contributed by atoms with E-state index < -0.39 is 22.7 Å². The van der Waals surface area contributed by atoms with Gasteiger partial charge in [-0.05, 0) is 29.8 Å². The van der Waals surface area contributed by atoms with Crippen molar-refractivity contribution >= 4 is 39.1 Å². The predicted molar refractivity (Wildman–Crippen MR) is 103 cm³/mol. The number of aliphatic hydroxyl groups excluding tert-OH is 2. The minimum atomic E-state index is -0.961. The average molecular weight is 447 g/mol. The van der Waals surface area contributed by atoms with Crippen molar-refractivity contribution in [2.75, 3.05) is 13.2 Å². The molecule has 3 rings (SSSR count). The Morgan fingerprint density at radius 2 is 1.71 bits per heavy atom. The number of carbonyl (C=O) groups is 2. The summed E-state index contributed by atoms with van der Waals surface area (Å²) < 4.78 is 0.775. The Morgan fingerprint density at radius 3 is 2.25 bits per heavy atom. The number of β-amino-alcohol motifs (C(OH)–C–C–N with tert-alkyl or cyclic N) is 1. The first-order chi connectivity index (χ1) is 13.3. The number of benzene rings is 2. The fourth-order valence-corrected chi connectivity index (χ4v) is 3.37. The van der Waals surface area contributed by atoms with Crippen molar-refractivity contribution < 1.29 is 24.7 Å². The largest absolute Gasteiger partial charge is 0.507 e. The first-order valence-corrected chi connectivity index (χ1v) is 9.04. The minimum Gasteiger partial charge on any atom is -0.507 e. The normalized spacial score (nSPS) is 18.5. The lowest BCUT2D eigenvalue weighted by Gasteiger charge is -2.24. The summed E-state index contributed by atoms with van der Waals surface area (Å²) in [5, 5.41) is 31.0. The second-order valence-corrected chi connectivity index (χ2v) is 6.99. The van der Waals surface area contributed by atoms with Gasteiger partial charge in [0, 0.05) is 28.7 Å². The molecule has 0 unspecified atom stereocenters. The van der Waals surface area contributed by atoms with Gasteiger partial charge in [0.1, 0.15) is 5.76 Å². The number of non-ortho nitro benzene ring substituents is 1. The average Bonchev–Trinajstić information content (AvgIpc) is 2.93. The molecule has 2 N–H and O–H groups in total. The van der Waals surface area contributed by atoms with Gasteiger partial charge in [-0.15, -0.1) is 0 Å². The zero-order chi connectivity index (χ0) is 20.4. The first-order valence-electron chi connectivity index (χ1n) is 8.24. The standard InChI is InChI=1S/C19H15BrN2O6/c20-13-5-1-12(2-6-13)17(24)15-16(21(9-10-23)19(26)18(15)25)11-3-7-14(8-4-11)22(27)28/h1-8,16,23-24H,9-10H2/t16-/m1/s1. The first kappa shape index (κ1) is 19.7. The fourth-order valence-electron chi connectivity index (χ4n) is 3.11. The number of likely N-dealkylation sites (tertiary alicyclic amines) is 1. The smallest absolute Gasteiger partial charge is 0.295 e. The number of amides is 1. The molecule has 0 bridgehead atoms. The second-order valence-electron chi connectivity index (χ2n) is 6.07. The topological polar surface area (TPSA) is 121 Å². The van der Waals surface area contributed by atoms with Gasteiger partial charge >= 0.3 is 0 Å². The summed E-state index contributed by atoms with van der Waals surface area (Å²) in [4.78, 5) is 36.6. The van der Waals surface area contributed by atoms with Crippen LogP contribution in [0, 0.1) is 10.1 Å². The molecular weight excluding hydrogens is 432 g/mol. The lowest BCUT2D eigenvalue weighted by atomic mass is 9.95. The van der Waals surface area contributed by atoms with E-state index in [0.717, 1.165) is 9.37 Å². The van der Waals surface area contributed by atoms with Crippen LogP contribution in [0.1, 0.15) is 17.2 Å². The van der Waals surface area contributed by atoms with Crippen LogP contribution in [0.2, 0.25) is 0 Å². The number of carbonyl (C=O) groups excluding carboxylic acids is 2. The van der Waals surface area contributed by atoms with Crippen molar-refractivity contribution in [2.24, 2.45) is 0 Å². The van der Waals surface area contributed by atoms with Crippen molar-refractivity contribution in [1.82, 2.24) is 4.90 Å². The fraction of sp³-hybridized carbons (Fsp3) is 0.158. The highest BCUT2D eigenvalue weighted by Crippen LogP contribution is 2.39. The van der Waals surface area contributed by atoms with E-state index in [-0.39, 0.29) is 30.2 Å². The molecule has 1 heterocycles. The van der Waals surface area contributed by atoms with Crippen molar-refractivity contribution in [3.63, 3.8) is 0 Å². The Morgan fingerprint density at radius 1 is 1.11 bits per heavy atom. The molecule has 0 radical (unpaired) electrons. The lowest BCUT2D eigenvalue weighted by Crippen LogP contribution is -2.32. The van der Waals surface area contributed by atoms with Crippen LogP contribution in [0.4, 0.5) is 5.69 Å². The number of halogens is 1. The van der Waals surface area contributed by atoms with Gasteiger partial charge in [-0.3, -0.25) is 19.7 Å². The molecule has 28 heavy (non-hydrogen) atoms. The molecule has 144 valence electrons. The van der Waals surface area contributed by atoms with Gasteiger partial charge < -0.3 is 15.1 Å². The summed E-state index contributed by atoms with van der Waals surface area (Å²) in [5.74, 6) is -2.08. The number of nitro benzene ring substituents is 1. The zero-order valence-corrected chi connectivity index (χ0v) is 16.0. The van der Waals surface area contributed by atoms with E-state index in [2.05, 4.69) is 15.9 Å². The van der Waals surface area contributed by atoms with E-state index in [9.17, 15) is 29.9 Å². The van der Waals surface area contributed by atoms with Crippen LogP contribution in [-0.2, 0) is 9.59 Å². The zero-order valence-electron chi connectivity index (χ0n) is 14.4. The molecule has 0 spiro atoms. The molecule has 1 fully saturated rings. The molecular formula is C19H15BrN2O6. The number of nitro groups is 1. The highest BCUT2D eigenvalue weighted by atomic mass is 79.9. The summed E-state index contributed by atoms with van der Waals surface area (Å²) in [5.41, 5.74) is 0.486. The van der Waals surface area contributed by atoms with Gasteiger partial charge in [-0.1, -0.05) is 28.1 Å². The number of nitrogens with zero attached hydrogens (tertiary/aromatic N) is 2. The lowest BCUT2D eigenvalue weighted by molar-refractivity contribution is -0.384. The third-order valence-corrected chi connectivity index (χ3v) is 4.95. The van der Waals surface area contributed by atoms with Crippen LogP contribution in [0.5, 0.6) is 0 Å². The van der Waals surface area contributed by atoms with Crippen LogP contribution in [0.15, 0.2) is 58.6 Å². The molecule has 1 aliphatic heterocycles. The number of Topliss-reactive ketones (excluding diaryl/α,β-unsaturated/α-hetero) is 1. The molecule has 9 heteroatoms. The van der Waals surface area contributed by atoms with Crippen LogP contribution in [-0.4, -0.2) is 44.9 Å². The van der Waals surface area contributed by atoms with Gasteiger partial charge in [-0.25, -0.2) is 0 Å². The summed E-state index contributed by atoms with van der Waals surface area (Å²) in [7, 11) is 0. The highest BCUT2D eigenvalue weighted by molar-refractivity contribution is 9.10. The number of hydrogen-bond donors (Lipinski definition) is 2. The van der Waals surface area contributed by atoms with E-state index in [4.69, 9.17) is 0 Å². The molecule has 1 amide bonds. The third kappa shape index (κ3) is 3.54. The van der Waals surface area contributed by atoms with Crippen molar-refractivity contribution in [2.45, 2.75) is 6.04 Å². The molecule has 2 aromatic rings. The second kappa shape index (κ2) is 7.91. The highest BCUT2D eigenvalue weighted by Gasteiger charge is 2.45. The number of ketones is 1. The van der Waals surface area contributed by atoms with Gasteiger partial charge in [0.2, 0.25) is 0 Å².